The number of hydrogen-bond acceptors (Lipinski definition) is 4. The van der Waals surface area contributed by atoms with Crippen LogP contribution >= 0.6 is 0 Å². The maximum atomic E-state index is 13.2. The highest BCUT2D eigenvalue weighted by Crippen LogP contribution is 2.13. The average Bonchev–Trinajstić information content (AvgIpc) is 2.20. The molecule has 0 atom stereocenters. The molecule has 86 valence electrons. The summed E-state index contributed by atoms with van der Waals surface area (Å²) in [5.41, 5.74) is 10.5. The molecule has 1 aromatic carbocycles. The molecule has 0 bridgehead atoms. The van der Waals surface area contributed by atoms with Crippen molar-refractivity contribution >= 4 is 0 Å². The number of aryl methyl sites for hydroxylation is 1. The summed E-state index contributed by atoms with van der Waals surface area (Å²) in [6, 6.07) is 6.09. The van der Waals surface area contributed by atoms with Crippen LogP contribution in [0.25, 0.3) is 0 Å². The molecule has 0 radical (unpaired) electrons. The van der Waals surface area contributed by atoms with Gasteiger partial charge in [-0.1, -0.05) is 18.2 Å². The van der Waals surface area contributed by atoms with Crippen LogP contribution in [0.2, 0.25) is 0 Å². The van der Waals surface area contributed by atoms with Gasteiger partial charge < -0.3 is 11.5 Å². The molecule has 5 nitrogen and oxygen atoms in total. The predicted molar refractivity (Wildman–Crippen MR) is 57.1 cm³/mol. The summed E-state index contributed by atoms with van der Waals surface area (Å²) < 4.78 is 13.2. The Hall–Kier alpha value is -2.11. The van der Waals surface area contributed by atoms with E-state index in [1.165, 1.54) is 6.07 Å². The number of benzene rings is 1. The van der Waals surface area contributed by atoms with E-state index in [1.807, 2.05) is 0 Å². The predicted octanol–water partition coefficient (Wildman–Crippen LogP) is 1.12. The molecule has 0 fully saturated rings. The standard InChI is InChI=1S/C10H12FN3O2/c11-8-4-2-1-3-7(8)5-6-9(10(12)13)14(15)16/h1-4H,5-6,12-13H2. The van der Waals surface area contributed by atoms with Crippen LogP contribution in [-0.2, 0) is 6.42 Å². The first kappa shape index (κ1) is 12.0. The lowest BCUT2D eigenvalue weighted by atomic mass is 10.1. The van der Waals surface area contributed by atoms with Crippen molar-refractivity contribution in [3.8, 4) is 0 Å². The number of nitrogens with two attached hydrogens (primary N) is 2. The molecule has 16 heavy (non-hydrogen) atoms. The number of rotatable bonds is 4. The summed E-state index contributed by atoms with van der Waals surface area (Å²) in [6.45, 7) is 0. The van der Waals surface area contributed by atoms with Crippen molar-refractivity contribution in [3.63, 3.8) is 0 Å². The van der Waals surface area contributed by atoms with Gasteiger partial charge in [-0.25, -0.2) is 4.39 Å². The Labute approximate surface area is 91.7 Å². The van der Waals surface area contributed by atoms with Crippen molar-refractivity contribution in [1.82, 2.24) is 0 Å². The lowest BCUT2D eigenvalue weighted by molar-refractivity contribution is -0.429. The Kier molecular flexibility index (Phi) is 3.82. The number of allylic oxidation sites excluding steroid dienone is 1. The fraction of sp³-hybridized carbons (Fsp3) is 0.200. The molecular weight excluding hydrogens is 213 g/mol. The smallest absolute Gasteiger partial charge is 0.285 e. The first-order valence-electron chi connectivity index (χ1n) is 4.64. The molecular formula is C10H12FN3O2. The average molecular weight is 225 g/mol. The van der Waals surface area contributed by atoms with E-state index in [-0.39, 0.29) is 30.2 Å². The van der Waals surface area contributed by atoms with E-state index >= 15 is 0 Å². The van der Waals surface area contributed by atoms with Crippen molar-refractivity contribution in [1.29, 1.82) is 0 Å². The van der Waals surface area contributed by atoms with Crippen LogP contribution in [-0.4, -0.2) is 4.92 Å². The van der Waals surface area contributed by atoms with Gasteiger partial charge in [-0.2, -0.15) is 0 Å². The molecule has 0 aromatic heterocycles. The molecule has 0 amide bonds. The van der Waals surface area contributed by atoms with E-state index in [0.717, 1.165) is 0 Å². The summed E-state index contributed by atoms with van der Waals surface area (Å²) in [4.78, 5) is 9.90. The van der Waals surface area contributed by atoms with Crippen molar-refractivity contribution < 1.29 is 9.31 Å². The van der Waals surface area contributed by atoms with Gasteiger partial charge in [-0.05, 0) is 18.1 Å². The van der Waals surface area contributed by atoms with E-state index in [2.05, 4.69) is 0 Å². The van der Waals surface area contributed by atoms with Crippen LogP contribution in [0, 0.1) is 15.9 Å². The van der Waals surface area contributed by atoms with Gasteiger partial charge in [0.25, 0.3) is 5.70 Å². The fourth-order valence-electron chi connectivity index (χ4n) is 1.30. The second-order valence-electron chi connectivity index (χ2n) is 3.25. The van der Waals surface area contributed by atoms with Gasteiger partial charge in [-0.15, -0.1) is 0 Å². The molecule has 0 aliphatic rings. The summed E-state index contributed by atoms with van der Waals surface area (Å²) in [5, 5.41) is 10.5. The highest BCUT2D eigenvalue weighted by molar-refractivity contribution is 5.18. The quantitative estimate of drug-likeness (QED) is 0.593. The van der Waals surface area contributed by atoms with Crippen molar-refractivity contribution in [2.24, 2.45) is 11.5 Å². The minimum atomic E-state index is -0.643. The molecule has 0 saturated carbocycles. The molecule has 0 aliphatic carbocycles. The van der Waals surface area contributed by atoms with Gasteiger partial charge >= 0.3 is 0 Å². The van der Waals surface area contributed by atoms with E-state index in [4.69, 9.17) is 11.5 Å². The fourth-order valence-corrected chi connectivity index (χ4v) is 1.30. The topological polar surface area (TPSA) is 95.2 Å². The van der Waals surface area contributed by atoms with Crippen LogP contribution in [0.3, 0.4) is 0 Å². The Morgan fingerprint density at radius 2 is 2.00 bits per heavy atom. The largest absolute Gasteiger partial charge is 0.380 e. The number of nitrogens with zero attached hydrogens (tertiary/aromatic N) is 1. The van der Waals surface area contributed by atoms with E-state index < -0.39 is 4.92 Å². The second kappa shape index (κ2) is 5.11. The van der Waals surface area contributed by atoms with Gasteiger partial charge in [-0.3, -0.25) is 10.1 Å². The number of hydrogen-bond donors (Lipinski definition) is 2. The molecule has 0 unspecified atom stereocenters. The highest BCUT2D eigenvalue weighted by atomic mass is 19.1. The van der Waals surface area contributed by atoms with Crippen LogP contribution in [0.4, 0.5) is 4.39 Å². The first-order valence-corrected chi connectivity index (χ1v) is 4.64. The van der Waals surface area contributed by atoms with Gasteiger partial charge in [0.2, 0.25) is 0 Å². The Morgan fingerprint density at radius 1 is 1.38 bits per heavy atom. The maximum absolute atomic E-state index is 13.2. The minimum Gasteiger partial charge on any atom is -0.380 e. The summed E-state index contributed by atoms with van der Waals surface area (Å²) in [7, 11) is 0. The second-order valence-corrected chi connectivity index (χ2v) is 3.25. The maximum Gasteiger partial charge on any atom is 0.285 e. The van der Waals surface area contributed by atoms with Gasteiger partial charge in [0, 0.05) is 6.42 Å². The Bertz CT molecular complexity index is 428. The minimum absolute atomic E-state index is 0.0102. The monoisotopic (exact) mass is 225 g/mol. The van der Waals surface area contributed by atoms with Crippen molar-refractivity contribution in [3.05, 3.63) is 57.3 Å². The van der Waals surface area contributed by atoms with Gasteiger partial charge in [0.1, 0.15) is 5.82 Å². The summed E-state index contributed by atoms with van der Waals surface area (Å²) in [5.74, 6) is -0.720. The lowest BCUT2D eigenvalue weighted by Gasteiger charge is -2.02. The molecule has 0 saturated heterocycles. The van der Waals surface area contributed by atoms with Crippen LogP contribution in [0.5, 0.6) is 0 Å². The van der Waals surface area contributed by atoms with Crippen LogP contribution in [0.15, 0.2) is 35.8 Å². The highest BCUT2D eigenvalue weighted by Gasteiger charge is 2.15. The normalized spacial score (nSPS) is 9.81. The van der Waals surface area contributed by atoms with E-state index in [0.29, 0.717) is 5.56 Å². The first-order chi connectivity index (χ1) is 7.52. The van der Waals surface area contributed by atoms with Crippen molar-refractivity contribution in [2.45, 2.75) is 12.8 Å². The molecule has 6 heteroatoms. The van der Waals surface area contributed by atoms with E-state index in [1.54, 1.807) is 18.2 Å². The van der Waals surface area contributed by atoms with Gasteiger partial charge in [0.05, 0.1) is 4.92 Å². The van der Waals surface area contributed by atoms with Crippen LogP contribution in [0.1, 0.15) is 12.0 Å². The molecule has 0 heterocycles. The lowest BCUT2D eigenvalue weighted by Crippen LogP contribution is -2.17. The van der Waals surface area contributed by atoms with Crippen molar-refractivity contribution in [2.75, 3.05) is 0 Å². The molecule has 4 N–H and O–H groups in total. The molecule has 1 rings (SSSR count). The SMILES string of the molecule is NC(N)=C(CCc1ccccc1F)[N+](=O)[O-]. The Balaban J connectivity index is 2.75. The number of nitro groups is 1. The zero-order chi connectivity index (χ0) is 12.1. The summed E-state index contributed by atoms with van der Waals surface area (Å²) >= 11 is 0. The third-order valence-corrected chi connectivity index (χ3v) is 2.14. The molecule has 0 spiro atoms. The Morgan fingerprint density at radius 3 is 2.50 bits per heavy atom. The zero-order valence-corrected chi connectivity index (χ0v) is 8.52. The third kappa shape index (κ3) is 2.94. The third-order valence-electron chi connectivity index (χ3n) is 2.14. The van der Waals surface area contributed by atoms with Gasteiger partial charge in [0.15, 0.2) is 5.82 Å². The molecule has 1 aromatic rings. The summed E-state index contributed by atoms with van der Waals surface area (Å²) in [6.07, 6.45) is 0.206. The zero-order valence-electron chi connectivity index (χ0n) is 8.52. The van der Waals surface area contributed by atoms with E-state index in [9.17, 15) is 14.5 Å². The molecule has 0 aliphatic heterocycles. The number of halogens is 1. The van der Waals surface area contributed by atoms with Crippen LogP contribution < -0.4 is 11.5 Å².